The van der Waals surface area contributed by atoms with Crippen molar-refractivity contribution in [3.05, 3.63) is 54.6 Å². The van der Waals surface area contributed by atoms with E-state index < -0.39 is 6.23 Å². The topological polar surface area (TPSA) is 95.9 Å². The summed E-state index contributed by atoms with van der Waals surface area (Å²) in [6.45, 7) is 5.54. The minimum atomic E-state index is -0.963. The summed E-state index contributed by atoms with van der Waals surface area (Å²) in [5, 5.41) is 9.11. The van der Waals surface area contributed by atoms with Crippen molar-refractivity contribution in [1.82, 2.24) is 15.2 Å². The highest BCUT2D eigenvalue weighted by Gasteiger charge is 2.38. The Bertz CT molecular complexity index is 1230. The third-order valence-corrected chi connectivity index (χ3v) is 6.25. The number of thioether (sulfide) groups is 1. The van der Waals surface area contributed by atoms with E-state index in [1.165, 1.54) is 26.0 Å². The third-order valence-electron chi connectivity index (χ3n) is 5.41. The van der Waals surface area contributed by atoms with Crippen LogP contribution in [-0.2, 0) is 4.79 Å². The van der Waals surface area contributed by atoms with Gasteiger partial charge in [-0.15, -0.1) is 16.8 Å². The van der Waals surface area contributed by atoms with E-state index in [0.717, 1.165) is 0 Å². The van der Waals surface area contributed by atoms with Gasteiger partial charge in [0.25, 0.3) is 0 Å². The molecular weight excluding hydrogens is 468 g/mol. The highest BCUT2D eigenvalue weighted by Crippen LogP contribution is 2.48. The molecule has 1 aliphatic heterocycles. The number of methoxy groups -OCH3 is 3. The lowest BCUT2D eigenvalue weighted by Gasteiger charge is -2.32. The monoisotopic (exact) mass is 494 g/mol. The average molecular weight is 495 g/mol. The highest BCUT2D eigenvalue weighted by molar-refractivity contribution is 7.99. The van der Waals surface area contributed by atoms with Crippen molar-refractivity contribution in [2.24, 2.45) is 0 Å². The van der Waals surface area contributed by atoms with E-state index in [9.17, 15) is 4.79 Å². The molecule has 0 radical (unpaired) electrons. The van der Waals surface area contributed by atoms with Gasteiger partial charge in [0.2, 0.25) is 23.2 Å². The molecule has 0 N–H and O–H groups in total. The van der Waals surface area contributed by atoms with Crippen molar-refractivity contribution < 1.29 is 23.7 Å². The van der Waals surface area contributed by atoms with Crippen molar-refractivity contribution in [2.45, 2.75) is 24.7 Å². The summed E-state index contributed by atoms with van der Waals surface area (Å²) in [6.07, 6.45) is 1.03. The molecule has 182 valence electrons. The molecule has 0 fully saturated rings. The zero-order valence-corrected chi connectivity index (χ0v) is 20.8. The maximum atomic E-state index is 13.4. The largest absolute Gasteiger partial charge is 0.496 e. The zero-order valence-electron chi connectivity index (χ0n) is 20.0. The molecule has 0 saturated heterocycles. The molecule has 0 bridgehead atoms. The quantitative estimate of drug-likeness (QED) is 0.327. The Morgan fingerprint density at radius 1 is 1.14 bits per heavy atom. The van der Waals surface area contributed by atoms with Gasteiger partial charge in [0.1, 0.15) is 17.2 Å². The SMILES string of the molecule is C=CCSc1nnc2c(n1)O[C@H](c1c(OC)cc(OC)cc1OC)N(C(=O)CC)c1ccccc1-2. The number of rotatable bonds is 8. The molecule has 1 amide bonds. The number of amides is 1. The number of carbonyl (C=O) groups is 1. The van der Waals surface area contributed by atoms with E-state index in [4.69, 9.17) is 18.9 Å². The Morgan fingerprint density at radius 3 is 2.49 bits per heavy atom. The number of para-hydroxylation sites is 1. The Balaban J connectivity index is 2.00. The van der Waals surface area contributed by atoms with Gasteiger partial charge >= 0.3 is 0 Å². The second-order valence-corrected chi connectivity index (χ2v) is 8.39. The van der Waals surface area contributed by atoms with Crippen LogP contribution in [0.2, 0.25) is 0 Å². The fourth-order valence-electron chi connectivity index (χ4n) is 3.81. The number of aromatic nitrogens is 3. The first kappa shape index (κ1) is 24.3. The number of benzene rings is 2. The zero-order chi connectivity index (χ0) is 24.9. The second kappa shape index (κ2) is 10.6. The molecule has 1 atom stereocenters. The van der Waals surface area contributed by atoms with Gasteiger partial charge in [-0.25, -0.2) is 0 Å². The number of anilines is 1. The second-order valence-electron chi connectivity index (χ2n) is 7.40. The molecule has 4 rings (SSSR count). The molecule has 0 spiro atoms. The van der Waals surface area contributed by atoms with Crippen molar-refractivity contribution in [3.63, 3.8) is 0 Å². The number of carbonyl (C=O) groups excluding carboxylic acids is 1. The van der Waals surface area contributed by atoms with E-state index in [2.05, 4.69) is 21.8 Å². The van der Waals surface area contributed by atoms with Gasteiger partial charge in [-0.1, -0.05) is 43.0 Å². The smallest absolute Gasteiger partial charge is 0.247 e. The van der Waals surface area contributed by atoms with E-state index in [1.54, 1.807) is 37.1 Å². The van der Waals surface area contributed by atoms with Crippen LogP contribution in [0, 0.1) is 0 Å². The van der Waals surface area contributed by atoms with Gasteiger partial charge in [-0.05, 0) is 6.07 Å². The first-order valence-electron chi connectivity index (χ1n) is 10.9. The van der Waals surface area contributed by atoms with Gasteiger partial charge < -0.3 is 18.9 Å². The van der Waals surface area contributed by atoms with Crippen LogP contribution in [0.5, 0.6) is 23.1 Å². The Morgan fingerprint density at radius 2 is 1.86 bits per heavy atom. The Kier molecular flexibility index (Phi) is 7.40. The minimum absolute atomic E-state index is 0.163. The van der Waals surface area contributed by atoms with Gasteiger partial charge in [0, 0.05) is 29.9 Å². The molecule has 2 heterocycles. The van der Waals surface area contributed by atoms with Crippen LogP contribution in [0.4, 0.5) is 5.69 Å². The number of hydrogen-bond acceptors (Lipinski definition) is 9. The molecule has 1 aliphatic rings. The lowest BCUT2D eigenvalue weighted by molar-refractivity contribution is -0.120. The van der Waals surface area contributed by atoms with Gasteiger partial charge in [0.15, 0.2) is 5.69 Å². The number of nitrogens with zero attached hydrogens (tertiary/aromatic N) is 4. The fourth-order valence-corrected chi connectivity index (χ4v) is 4.32. The molecule has 0 aliphatic carbocycles. The molecule has 2 aromatic carbocycles. The van der Waals surface area contributed by atoms with Gasteiger partial charge in [-0.2, -0.15) is 4.98 Å². The number of ether oxygens (including phenoxy) is 4. The summed E-state index contributed by atoms with van der Waals surface area (Å²) >= 11 is 1.38. The summed E-state index contributed by atoms with van der Waals surface area (Å²) in [4.78, 5) is 19.6. The molecule has 10 heteroatoms. The summed E-state index contributed by atoms with van der Waals surface area (Å²) in [7, 11) is 4.63. The number of hydrogen-bond donors (Lipinski definition) is 0. The van der Waals surface area contributed by atoms with E-state index in [0.29, 0.717) is 50.7 Å². The first-order chi connectivity index (χ1) is 17.1. The van der Waals surface area contributed by atoms with E-state index in [1.807, 2.05) is 24.3 Å². The average Bonchev–Trinajstić information content (AvgIpc) is 3.04. The molecule has 0 unspecified atom stereocenters. The fraction of sp³-hybridized carbons (Fsp3) is 0.280. The van der Waals surface area contributed by atoms with Crippen molar-refractivity contribution in [1.29, 1.82) is 0 Å². The molecule has 1 aromatic heterocycles. The highest BCUT2D eigenvalue weighted by atomic mass is 32.2. The van der Waals surface area contributed by atoms with Crippen LogP contribution in [0.25, 0.3) is 11.3 Å². The van der Waals surface area contributed by atoms with E-state index >= 15 is 0 Å². The molecular formula is C25H26N4O5S. The maximum absolute atomic E-state index is 13.4. The van der Waals surface area contributed by atoms with Crippen LogP contribution in [-0.4, -0.2) is 48.2 Å². The van der Waals surface area contributed by atoms with Crippen molar-refractivity contribution >= 4 is 23.4 Å². The Hall–Kier alpha value is -3.79. The summed E-state index contributed by atoms with van der Waals surface area (Å²) in [5.41, 5.74) is 2.25. The maximum Gasteiger partial charge on any atom is 0.247 e. The van der Waals surface area contributed by atoms with E-state index in [-0.39, 0.29) is 18.2 Å². The minimum Gasteiger partial charge on any atom is -0.496 e. The lowest BCUT2D eigenvalue weighted by atomic mass is 10.1. The molecule has 9 nitrogen and oxygen atoms in total. The van der Waals surface area contributed by atoms with Crippen LogP contribution in [0.15, 0.2) is 54.2 Å². The van der Waals surface area contributed by atoms with Crippen LogP contribution < -0.4 is 23.8 Å². The molecule has 35 heavy (non-hydrogen) atoms. The van der Waals surface area contributed by atoms with Crippen LogP contribution in [0.1, 0.15) is 25.1 Å². The standard InChI is InChI=1S/C25H26N4O5S/c1-6-12-35-25-26-23-22(27-28-25)16-10-8-9-11-17(16)29(20(30)7-2)24(34-23)21-18(32-4)13-15(31-3)14-19(21)33-5/h6,8-11,13-14,24H,1,7,12H2,2-5H3/t24-/m1/s1. The van der Waals surface area contributed by atoms with Gasteiger partial charge in [0.05, 0.1) is 32.6 Å². The first-order valence-corrected chi connectivity index (χ1v) is 11.9. The number of fused-ring (bicyclic) bond motifs is 3. The van der Waals surface area contributed by atoms with Crippen LogP contribution >= 0.6 is 11.8 Å². The molecule has 0 saturated carbocycles. The predicted molar refractivity (Wildman–Crippen MR) is 133 cm³/mol. The van der Waals surface area contributed by atoms with Crippen molar-refractivity contribution in [3.8, 4) is 34.4 Å². The third kappa shape index (κ3) is 4.61. The summed E-state index contributed by atoms with van der Waals surface area (Å²) in [5.74, 6) is 2.10. The lowest BCUT2D eigenvalue weighted by Crippen LogP contribution is -2.37. The summed E-state index contributed by atoms with van der Waals surface area (Å²) < 4.78 is 23.3. The predicted octanol–water partition coefficient (Wildman–Crippen LogP) is 4.68. The molecule has 3 aromatic rings. The Labute approximate surface area is 208 Å². The summed E-state index contributed by atoms with van der Waals surface area (Å²) in [6, 6.07) is 10.9. The van der Waals surface area contributed by atoms with Crippen molar-refractivity contribution in [2.75, 3.05) is 32.0 Å². The normalized spacial score (nSPS) is 14.2. The van der Waals surface area contributed by atoms with Crippen LogP contribution in [0.3, 0.4) is 0 Å². The van der Waals surface area contributed by atoms with Gasteiger partial charge in [-0.3, -0.25) is 9.69 Å².